The number of carbonyl (C=O) groups is 1. The van der Waals surface area contributed by atoms with Crippen LogP contribution in [0, 0.1) is 11.3 Å². The molecule has 10 heteroatoms. The number of nitriles is 1. The van der Waals surface area contributed by atoms with Crippen LogP contribution in [0.1, 0.15) is 30.5 Å². The Kier molecular flexibility index (Phi) is 7.30. The molecule has 3 aromatic rings. The van der Waals surface area contributed by atoms with E-state index in [1.807, 2.05) is 0 Å². The fraction of sp³-hybridized carbons (Fsp3) is 0.467. The van der Waals surface area contributed by atoms with E-state index in [0.717, 1.165) is 49.4 Å². The topological polar surface area (TPSA) is 109 Å². The van der Waals surface area contributed by atoms with Crippen molar-refractivity contribution in [2.24, 2.45) is 0 Å². The molecule has 1 N–H and O–H groups in total. The maximum absolute atomic E-state index is 11.7. The highest BCUT2D eigenvalue weighted by Gasteiger charge is 2.34. The maximum Gasteiger partial charge on any atom is 0.407 e. The van der Waals surface area contributed by atoms with Gasteiger partial charge in [0.15, 0.2) is 0 Å². The molecule has 1 amide bonds. The van der Waals surface area contributed by atoms with E-state index in [1.165, 1.54) is 21.4 Å². The van der Waals surface area contributed by atoms with Crippen LogP contribution >= 0.6 is 0 Å². The molecule has 3 aliphatic rings. The van der Waals surface area contributed by atoms with Gasteiger partial charge in [-0.3, -0.25) is 0 Å². The Hall–Kier alpha value is -4.10. The summed E-state index contributed by atoms with van der Waals surface area (Å²) < 4.78 is 6.25. The number of hydrogen-bond acceptors (Lipinski definition) is 8. The summed E-state index contributed by atoms with van der Waals surface area (Å²) in [5.41, 5.74) is 3.17. The standard InChI is InChI=1S/C30H35N7O3/c1-34-14-5-8-23(34)20-40-29-32-26-19-35(27-10-4-7-21-6-2-3-9-24(21)27)15-12-25(26)28(33-29)37-17-16-36(30(38)39)18-22(37)11-13-31/h2-4,6-7,9-10,22-23H,5,8,11-12,14-20H2,1H3,(H,38,39)/t22?,23-/m0/s1. The predicted octanol–water partition coefficient (Wildman–Crippen LogP) is 3.75. The van der Waals surface area contributed by atoms with Crippen LogP contribution in [0.25, 0.3) is 10.8 Å². The Morgan fingerprint density at radius 2 is 1.95 bits per heavy atom. The second-order valence-electron chi connectivity index (χ2n) is 11.0. The molecular weight excluding hydrogens is 506 g/mol. The summed E-state index contributed by atoms with van der Waals surface area (Å²) in [6.45, 7) is 4.12. The van der Waals surface area contributed by atoms with Crippen LogP contribution in [0.4, 0.5) is 16.3 Å². The highest BCUT2D eigenvalue weighted by molar-refractivity contribution is 5.94. The summed E-state index contributed by atoms with van der Waals surface area (Å²) in [6, 6.07) is 17.5. The van der Waals surface area contributed by atoms with Gasteiger partial charge < -0.3 is 29.4 Å². The van der Waals surface area contributed by atoms with Crippen molar-refractivity contribution in [3.63, 3.8) is 0 Å². The molecule has 1 aromatic heterocycles. The van der Waals surface area contributed by atoms with Gasteiger partial charge in [0.05, 0.1) is 30.8 Å². The van der Waals surface area contributed by atoms with Crippen LogP contribution in [0.5, 0.6) is 6.01 Å². The minimum absolute atomic E-state index is 0.216. The molecule has 2 atom stereocenters. The number of likely N-dealkylation sites (tertiary alicyclic amines) is 1. The first-order chi connectivity index (χ1) is 19.5. The Balaban J connectivity index is 1.35. The molecule has 4 heterocycles. The number of carboxylic acid groups (broad SMARTS) is 1. The van der Waals surface area contributed by atoms with E-state index in [4.69, 9.17) is 14.7 Å². The Labute approximate surface area is 234 Å². The minimum Gasteiger partial charge on any atom is -0.465 e. The van der Waals surface area contributed by atoms with Gasteiger partial charge in [-0.2, -0.15) is 15.2 Å². The largest absolute Gasteiger partial charge is 0.465 e. The number of aromatic nitrogens is 2. The van der Waals surface area contributed by atoms with Crippen molar-refractivity contribution in [3.8, 4) is 12.1 Å². The van der Waals surface area contributed by atoms with E-state index in [1.54, 1.807) is 0 Å². The van der Waals surface area contributed by atoms with Crippen molar-refractivity contribution in [1.82, 2.24) is 19.8 Å². The second-order valence-corrected chi connectivity index (χ2v) is 11.0. The van der Waals surface area contributed by atoms with Crippen LogP contribution in [-0.2, 0) is 13.0 Å². The van der Waals surface area contributed by atoms with Gasteiger partial charge in [0, 0.05) is 48.9 Å². The zero-order valence-corrected chi connectivity index (χ0v) is 22.9. The minimum atomic E-state index is -0.956. The monoisotopic (exact) mass is 541 g/mol. The summed E-state index contributed by atoms with van der Waals surface area (Å²) >= 11 is 0. The fourth-order valence-corrected chi connectivity index (χ4v) is 6.33. The lowest BCUT2D eigenvalue weighted by Gasteiger charge is -2.42. The van der Waals surface area contributed by atoms with Gasteiger partial charge in [-0.15, -0.1) is 0 Å². The maximum atomic E-state index is 11.7. The molecule has 6 rings (SSSR count). The Bertz CT molecular complexity index is 1440. The number of benzene rings is 2. The van der Waals surface area contributed by atoms with Crippen LogP contribution in [0.3, 0.4) is 0 Å². The molecule has 0 radical (unpaired) electrons. The lowest BCUT2D eigenvalue weighted by molar-refractivity contribution is 0.134. The van der Waals surface area contributed by atoms with E-state index < -0.39 is 6.09 Å². The molecule has 1 unspecified atom stereocenters. The molecule has 2 aromatic carbocycles. The van der Waals surface area contributed by atoms with Gasteiger partial charge in [-0.25, -0.2) is 4.79 Å². The molecule has 3 aliphatic heterocycles. The highest BCUT2D eigenvalue weighted by Crippen LogP contribution is 2.35. The lowest BCUT2D eigenvalue weighted by atomic mass is 10.0. The molecule has 0 aliphatic carbocycles. The van der Waals surface area contributed by atoms with Crippen LogP contribution in [-0.4, -0.2) is 89.4 Å². The highest BCUT2D eigenvalue weighted by atomic mass is 16.5. The molecule has 0 bridgehead atoms. The van der Waals surface area contributed by atoms with E-state index in [9.17, 15) is 15.2 Å². The van der Waals surface area contributed by atoms with Crippen LogP contribution < -0.4 is 14.5 Å². The molecule has 10 nitrogen and oxygen atoms in total. The number of fused-ring (bicyclic) bond motifs is 2. The first-order valence-corrected chi connectivity index (χ1v) is 14.1. The molecule has 0 spiro atoms. The van der Waals surface area contributed by atoms with Gasteiger partial charge >= 0.3 is 12.1 Å². The number of nitrogens with zero attached hydrogens (tertiary/aromatic N) is 7. The van der Waals surface area contributed by atoms with Crippen molar-refractivity contribution in [1.29, 1.82) is 5.26 Å². The van der Waals surface area contributed by atoms with Crippen LogP contribution in [0.15, 0.2) is 42.5 Å². The summed E-state index contributed by atoms with van der Waals surface area (Å²) in [7, 11) is 2.12. The third kappa shape index (κ3) is 5.09. The van der Waals surface area contributed by atoms with Gasteiger partial charge in [0.2, 0.25) is 0 Å². The Morgan fingerprint density at radius 1 is 1.10 bits per heavy atom. The fourth-order valence-electron chi connectivity index (χ4n) is 6.33. The number of rotatable bonds is 6. The summed E-state index contributed by atoms with van der Waals surface area (Å²) in [4.78, 5) is 29.8. The van der Waals surface area contributed by atoms with E-state index in [-0.39, 0.29) is 19.0 Å². The lowest BCUT2D eigenvalue weighted by Crippen LogP contribution is -2.55. The third-order valence-electron chi connectivity index (χ3n) is 8.56. The van der Waals surface area contributed by atoms with Crippen molar-refractivity contribution >= 4 is 28.4 Å². The predicted molar refractivity (Wildman–Crippen MR) is 153 cm³/mol. The zero-order valence-electron chi connectivity index (χ0n) is 22.9. The van der Waals surface area contributed by atoms with Gasteiger partial charge in [0.25, 0.3) is 0 Å². The quantitative estimate of drug-likeness (QED) is 0.499. The average Bonchev–Trinajstić information content (AvgIpc) is 3.39. The summed E-state index contributed by atoms with van der Waals surface area (Å²) in [5, 5.41) is 21.6. The summed E-state index contributed by atoms with van der Waals surface area (Å²) in [6.07, 6.45) is 2.25. The van der Waals surface area contributed by atoms with Gasteiger partial charge in [0.1, 0.15) is 12.4 Å². The van der Waals surface area contributed by atoms with E-state index in [0.29, 0.717) is 38.3 Å². The average molecular weight is 542 g/mol. The first kappa shape index (κ1) is 26.1. The molecule has 2 saturated heterocycles. The van der Waals surface area contributed by atoms with Crippen LogP contribution in [0.2, 0.25) is 0 Å². The molecule has 0 saturated carbocycles. The number of likely N-dealkylation sites (N-methyl/N-ethyl adjacent to an activating group) is 1. The number of amides is 1. The molecule has 2 fully saturated rings. The number of piperazine rings is 1. The van der Waals surface area contributed by atoms with Crippen molar-refractivity contribution in [2.45, 2.75) is 44.3 Å². The van der Waals surface area contributed by atoms with Gasteiger partial charge in [-0.1, -0.05) is 36.4 Å². The van der Waals surface area contributed by atoms with E-state index >= 15 is 0 Å². The number of anilines is 2. The zero-order chi connectivity index (χ0) is 27.6. The first-order valence-electron chi connectivity index (χ1n) is 14.1. The van der Waals surface area contributed by atoms with Gasteiger partial charge in [-0.05, 0) is 44.3 Å². The summed E-state index contributed by atoms with van der Waals surface area (Å²) in [5.74, 6) is 0.780. The SMILES string of the molecule is CN1CCC[C@H]1COc1nc2c(c(N3CCN(C(=O)O)CC3CC#N)n1)CCN(c1cccc3ccccc13)C2. The van der Waals surface area contributed by atoms with E-state index in [2.05, 4.69) is 70.3 Å². The normalized spacial score (nSPS) is 21.4. The second kappa shape index (κ2) is 11.2. The smallest absolute Gasteiger partial charge is 0.407 e. The van der Waals surface area contributed by atoms with Crippen molar-refractivity contribution in [3.05, 3.63) is 53.7 Å². The van der Waals surface area contributed by atoms with Crippen molar-refractivity contribution in [2.75, 3.05) is 56.2 Å². The Morgan fingerprint density at radius 3 is 2.75 bits per heavy atom. The number of hydrogen-bond donors (Lipinski definition) is 1. The third-order valence-corrected chi connectivity index (χ3v) is 8.56. The number of ether oxygens (including phenoxy) is 1. The molecular formula is C30H35N7O3. The van der Waals surface area contributed by atoms with Crippen molar-refractivity contribution < 1.29 is 14.6 Å². The molecule has 208 valence electrons. The molecule has 40 heavy (non-hydrogen) atoms.